The summed E-state index contributed by atoms with van der Waals surface area (Å²) in [6, 6.07) is 2.03. The summed E-state index contributed by atoms with van der Waals surface area (Å²) < 4.78 is 0.945. The number of amides is 1. The number of thiazole rings is 1. The number of aromatic amines is 1. The average molecular weight is 324 g/mol. The van der Waals surface area contributed by atoms with Gasteiger partial charge in [-0.2, -0.15) is 5.10 Å². The van der Waals surface area contributed by atoms with Gasteiger partial charge in [0.1, 0.15) is 0 Å². The molecule has 0 unspecified atom stereocenters. The van der Waals surface area contributed by atoms with E-state index in [0.29, 0.717) is 12.3 Å². The number of rotatable bonds is 7. The largest absolute Gasteiger partial charge is 0.339 e. The second-order valence-corrected chi connectivity index (χ2v) is 7.01. The Labute approximate surface area is 133 Å². The SMILES string of the molecule is CCCc1cc(CN(C)C(=O)CSc2nc(C)cs2)[nH]n1. The van der Waals surface area contributed by atoms with Crippen molar-refractivity contribution in [2.45, 2.75) is 37.6 Å². The fourth-order valence-corrected chi connectivity index (χ4v) is 3.64. The zero-order chi connectivity index (χ0) is 15.2. The number of carbonyl (C=O) groups excluding carboxylic acids is 1. The molecule has 0 aliphatic rings. The smallest absolute Gasteiger partial charge is 0.233 e. The van der Waals surface area contributed by atoms with Gasteiger partial charge in [0.05, 0.1) is 23.7 Å². The van der Waals surface area contributed by atoms with E-state index in [4.69, 9.17) is 0 Å². The molecule has 1 amide bonds. The third kappa shape index (κ3) is 4.86. The maximum atomic E-state index is 12.1. The molecule has 0 aromatic carbocycles. The van der Waals surface area contributed by atoms with Gasteiger partial charge in [-0.15, -0.1) is 11.3 Å². The van der Waals surface area contributed by atoms with Crippen LogP contribution in [0.25, 0.3) is 0 Å². The maximum absolute atomic E-state index is 12.1. The second kappa shape index (κ2) is 7.61. The highest BCUT2D eigenvalue weighted by Crippen LogP contribution is 2.22. The topological polar surface area (TPSA) is 61.9 Å². The van der Waals surface area contributed by atoms with Gasteiger partial charge in [0.2, 0.25) is 5.91 Å². The molecule has 0 fully saturated rings. The van der Waals surface area contributed by atoms with Gasteiger partial charge < -0.3 is 4.90 Å². The van der Waals surface area contributed by atoms with Crippen molar-refractivity contribution >= 4 is 29.0 Å². The highest BCUT2D eigenvalue weighted by molar-refractivity contribution is 8.01. The summed E-state index contributed by atoms with van der Waals surface area (Å²) in [7, 11) is 1.82. The molecule has 0 bridgehead atoms. The molecule has 7 heteroatoms. The van der Waals surface area contributed by atoms with Gasteiger partial charge in [-0.05, 0) is 19.4 Å². The van der Waals surface area contributed by atoms with Crippen LogP contribution in [0.2, 0.25) is 0 Å². The van der Waals surface area contributed by atoms with Crippen LogP contribution in [0.3, 0.4) is 0 Å². The molecule has 2 aromatic rings. The van der Waals surface area contributed by atoms with Crippen LogP contribution in [0.1, 0.15) is 30.4 Å². The lowest BCUT2D eigenvalue weighted by atomic mass is 10.2. The van der Waals surface area contributed by atoms with Crippen LogP contribution in [0.4, 0.5) is 0 Å². The van der Waals surface area contributed by atoms with E-state index >= 15 is 0 Å². The van der Waals surface area contributed by atoms with Crippen LogP contribution in [-0.2, 0) is 17.8 Å². The number of H-pyrrole nitrogens is 1. The summed E-state index contributed by atoms with van der Waals surface area (Å²) in [5.41, 5.74) is 3.04. The molecule has 0 aliphatic carbocycles. The van der Waals surface area contributed by atoms with E-state index in [9.17, 15) is 4.79 Å². The fraction of sp³-hybridized carbons (Fsp3) is 0.500. The van der Waals surface area contributed by atoms with E-state index < -0.39 is 0 Å². The van der Waals surface area contributed by atoms with Gasteiger partial charge in [-0.3, -0.25) is 9.89 Å². The van der Waals surface area contributed by atoms with Crippen LogP contribution in [0.15, 0.2) is 15.8 Å². The van der Waals surface area contributed by atoms with E-state index in [-0.39, 0.29) is 5.91 Å². The molecule has 0 aliphatic heterocycles. The van der Waals surface area contributed by atoms with Gasteiger partial charge in [0.25, 0.3) is 0 Å². The minimum absolute atomic E-state index is 0.0968. The number of aryl methyl sites for hydroxylation is 2. The van der Waals surface area contributed by atoms with Crippen molar-refractivity contribution in [3.05, 3.63) is 28.5 Å². The van der Waals surface area contributed by atoms with E-state index in [2.05, 4.69) is 22.1 Å². The van der Waals surface area contributed by atoms with E-state index in [1.54, 1.807) is 16.2 Å². The normalized spacial score (nSPS) is 10.8. The molecular formula is C14H20N4OS2. The zero-order valence-corrected chi connectivity index (χ0v) is 14.2. The molecular weight excluding hydrogens is 304 g/mol. The summed E-state index contributed by atoms with van der Waals surface area (Å²) >= 11 is 3.07. The van der Waals surface area contributed by atoms with Crippen LogP contribution in [-0.4, -0.2) is 38.8 Å². The van der Waals surface area contributed by atoms with E-state index in [1.807, 2.05) is 25.4 Å². The first kappa shape index (κ1) is 16.0. The Balaban J connectivity index is 1.81. The monoisotopic (exact) mass is 324 g/mol. The molecule has 2 heterocycles. The minimum Gasteiger partial charge on any atom is -0.339 e. The van der Waals surface area contributed by atoms with Crippen molar-refractivity contribution in [3.63, 3.8) is 0 Å². The standard InChI is InChI=1S/C14H20N4OS2/c1-4-5-11-6-12(17-16-11)7-18(3)13(19)9-21-14-15-10(2)8-20-14/h6,8H,4-5,7,9H2,1-3H3,(H,16,17). The lowest BCUT2D eigenvalue weighted by Crippen LogP contribution is -2.27. The Morgan fingerprint density at radius 1 is 1.52 bits per heavy atom. The first-order valence-corrected chi connectivity index (χ1v) is 8.77. The van der Waals surface area contributed by atoms with E-state index in [0.717, 1.165) is 34.3 Å². The predicted molar refractivity (Wildman–Crippen MR) is 86.6 cm³/mol. The van der Waals surface area contributed by atoms with Gasteiger partial charge in [0.15, 0.2) is 4.34 Å². The average Bonchev–Trinajstić information content (AvgIpc) is 3.06. The molecule has 21 heavy (non-hydrogen) atoms. The Morgan fingerprint density at radius 2 is 2.33 bits per heavy atom. The van der Waals surface area contributed by atoms with Crippen molar-refractivity contribution in [1.82, 2.24) is 20.1 Å². The predicted octanol–water partition coefficient (Wildman–Crippen LogP) is 2.88. The molecule has 0 saturated heterocycles. The molecule has 114 valence electrons. The number of carbonyl (C=O) groups is 1. The van der Waals surface area contributed by atoms with Crippen molar-refractivity contribution in [3.8, 4) is 0 Å². The molecule has 0 spiro atoms. The number of aromatic nitrogens is 3. The third-order valence-corrected chi connectivity index (χ3v) is 5.06. The second-order valence-electron chi connectivity index (χ2n) is 4.93. The number of hydrogen-bond donors (Lipinski definition) is 1. The van der Waals surface area contributed by atoms with Gasteiger partial charge in [0, 0.05) is 18.1 Å². The molecule has 0 radical (unpaired) electrons. The van der Waals surface area contributed by atoms with E-state index in [1.165, 1.54) is 11.8 Å². The van der Waals surface area contributed by atoms with Gasteiger partial charge in [-0.1, -0.05) is 25.1 Å². The quantitative estimate of drug-likeness (QED) is 0.796. The molecule has 0 atom stereocenters. The summed E-state index contributed by atoms with van der Waals surface area (Å²) in [5.74, 6) is 0.513. The Bertz CT molecular complexity index is 593. The van der Waals surface area contributed by atoms with Crippen LogP contribution in [0, 0.1) is 6.92 Å². The lowest BCUT2D eigenvalue weighted by Gasteiger charge is -2.15. The minimum atomic E-state index is 0.0968. The third-order valence-electron chi connectivity index (χ3n) is 2.94. The molecule has 5 nitrogen and oxygen atoms in total. The molecule has 2 rings (SSSR count). The van der Waals surface area contributed by atoms with Crippen molar-refractivity contribution < 1.29 is 4.79 Å². The van der Waals surface area contributed by atoms with Crippen LogP contribution < -0.4 is 0 Å². The zero-order valence-electron chi connectivity index (χ0n) is 12.5. The van der Waals surface area contributed by atoms with Crippen LogP contribution >= 0.6 is 23.1 Å². The first-order chi connectivity index (χ1) is 10.1. The lowest BCUT2D eigenvalue weighted by molar-refractivity contribution is -0.127. The summed E-state index contributed by atoms with van der Waals surface area (Å²) in [6.07, 6.45) is 2.04. The highest BCUT2D eigenvalue weighted by Gasteiger charge is 2.12. The Morgan fingerprint density at radius 3 is 3.00 bits per heavy atom. The number of nitrogens with one attached hydrogen (secondary N) is 1. The summed E-state index contributed by atoms with van der Waals surface area (Å²) in [5, 5.41) is 9.23. The molecule has 1 N–H and O–H groups in total. The Kier molecular flexibility index (Phi) is 5.81. The maximum Gasteiger partial charge on any atom is 0.233 e. The summed E-state index contributed by atoms with van der Waals surface area (Å²) in [4.78, 5) is 18.2. The van der Waals surface area contributed by atoms with Crippen molar-refractivity contribution in [1.29, 1.82) is 0 Å². The van der Waals surface area contributed by atoms with Crippen molar-refractivity contribution in [2.75, 3.05) is 12.8 Å². The highest BCUT2D eigenvalue weighted by atomic mass is 32.2. The number of thioether (sulfide) groups is 1. The van der Waals surface area contributed by atoms with Crippen LogP contribution in [0.5, 0.6) is 0 Å². The van der Waals surface area contributed by atoms with Gasteiger partial charge in [-0.25, -0.2) is 4.98 Å². The molecule has 0 saturated carbocycles. The summed E-state index contributed by atoms with van der Waals surface area (Å²) in [6.45, 7) is 4.65. The van der Waals surface area contributed by atoms with Crippen molar-refractivity contribution in [2.24, 2.45) is 0 Å². The fourth-order valence-electron chi connectivity index (χ4n) is 1.85. The van der Waals surface area contributed by atoms with Gasteiger partial charge >= 0.3 is 0 Å². The first-order valence-electron chi connectivity index (χ1n) is 6.90. The molecule has 2 aromatic heterocycles. The number of nitrogens with zero attached hydrogens (tertiary/aromatic N) is 3. The Hall–Kier alpha value is -1.34. The number of hydrogen-bond acceptors (Lipinski definition) is 5.